The average molecular weight is 434 g/mol. The summed E-state index contributed by atoms with van der Waals surface area (Å²) in [6.07, 6.45) is 1.95. The average Bonchev–Trinajstić information content (AvgIpc) is 2.55. The molecule has 0 saturated heterocycles. The van der Waals surface area contributed by atoms with E-state index < -0.39 is 4.92 Å². The molecule has 0 N–H and O–H groups in total. The summed E-state index contributed by atoms with van der Waals surface area (Å²) in [5.74, 6) is -0.0803. The molecule has 5 nitrogen and oxygen atoms in total. The molecule has 0 bridgehead atoms. The van der Waals surface area contributed by atoms with E-state index in [1.807, 2.05) is 48.0 Å². The molecule has 0 aliphatic rings. The highest BCUT2D eigenvalue weighted by Gasteiger charge is 2.16. The summed E-state index contributed by atoms with van der Waals surface area (Å²) >= 11 is 0. The van der Waals surface area contributed by atoms with Gasteiger partial charge in [-0.25, -0.2) is 0 Å². The zero-order valence-corrected chi connectivity index (χ0v) is 15.1. The summed E-state index contributed by atoms with van der Waals surface area (Å²) in [5.41, 5.74) is 1.44. The molecule has 1 heterocycles. The van der Waals surface area contributed by atoms with E-state index in [4.69, 9.17) is 0 Å². The van der Waals surface area contributed by atoms with Crippen molar-refractivity contribution in [3.05, 3.63) is 82.2 Å². The number of aromatic nitrogens is 1. The fourth-order valence-electron chi connectivity index (χ4n) is 2.52. The summed E-state index contributed by atoms with van der Waals surface area (Å²) in [6, 6.07) is 15.7. The number of carbonyl (C=O) groups is 1. The topological polar surface area (TPSA) is 64.1 Å². The van der Waals surface area contributed by atoms with Crippen LogP contribution in [0.25, 0.3) is 10.8 Å². The lowest BCUT2D eigenvalue weighted by molar-refractivity contribution is -0.687. The number of ketones is 1. The van der Waals surface area contributed by atoms with Crippen molar-refractivity contribution in [1.29, 1.82) is 0 Å². The fourth-order valence-corrected chi connectivity index (χ4v) is 2.52. The number of benzene rings is 2. The molecule has 3 aromatic rings. The Morgan fingerprint density at radius 3 is 2.33 bits per heavy atom. The normalized spacial score (nSPS) is 10.2. The number of carbonyl (C=O) groups excluding carboxylic acids is 1. The van der Waals surface area contributed by atoms with E-state index in [-0.39, 0.29) is 42.0 Å². The number of hydrogen-bond acceptors (Lipinski definition) is 3. The van der Waals surface area contributed by atoms with E-state index in [9.17, 15) is 14.9 Å². The third-order valence-electron chi connectivity index (χ3n) is 3.82. The highest BCUT2D eigenvalue weighted by molar-refractivity contribution is 5.95. The van der Waals surface area contributed by atoms with Crippen LogP contribution in [-0.4, -0.2) is 10.7 Å². The van der Waals surface area contributed by atoms with Crippen LogP contribution in [0.15, 0.2) is 60.8 Å². The smallest absolute Gasteiger partial charge is 0.269 e. The highest BCUT2D eigenvalue weighted by atomic mass is 127. The lowest BCUT2D eigenvalue weighted by Crippen LogP contribution is -3.00. The Kier molecular flexibility index (Phi) is 5.61. The van der Waals surface area contributed by atoms with Gasteiger partial charge in [0.05, 0.1) is 4.92 Å². The molecule has 0 aliphatic heterocycles. The number of nitro benzene ring substituents is 1. The van der Waals surface area contributed by atoms with Gasteiger partial charge in [-0.3, -0.25) is 14.9 Å². The Morgan fingerprint density at radius 2 is 1.71 bits per heavy atom. The van der Waals surface area contributed by atoms with E-state index in [0.717, 1.165) is 16.5 Å². The van der Waals surface area contributed by atoms with E-state index >= 15 is 0 Å². The minimum absolute atomic E-state index is 0. The zero-order valence-electron chi connectivity index (χ0n) is 13.0. The van der Waals surface area contributed by atoms with Gasteiger partial charge in [0.1, 0.15) is 0 Å². The second kappa shape index (κ2) is 7.48. The molecule has 1 aromatic heterocycles. The number of aryl methyl sites for hydroxylation is 1. The molecule has 0 radical (unpaired) electrons. The largest absolute Gasteiger partial charge is 1.00 e. The number of nitro groups is 1. The Labute approximate surface area is 156 Å². The van der Waals surface area contributed by atoms with Crippen LogP contribution in [0.4, 0.5) is 5.69 Å². The van der Waals surface area contributed by atoms with Crippen molar-refractivity contribution < 1.29 is 38.3 Å². The highest BCUT2D eigenvalue weighted by Crippen LogP contribution is 2.14. The molecule has 0 fully saturated rings. The monoisotopic (exact) mass is 434 g/mol. The van der Waals surface area contributed by atoms with Gasteiger partial charge >= 0.3 is 0 Å². The van der Waals surface area contributed by atoms with Crippen molar-refractivity contribution in [3.63, 3.8) is 0 Å². The maximum Gasteiger partial charge on any atom is 0.269 e. The summed E-state index contributed by atoms with van der Waals surface area (Å²) in [5, 5.41) is 12.9. The second-order valence-electron chi connectivity index (χ2n) is 5.40. The van der Waals surface area contributed by atoms with E-state index in [1.165, 1.54) is 24.3 Å². The summed E-state index contributed by atoms with van der Waals surface area (Å²) in [7, 11) is 0. The Bertz CT molecular complexity index is 908. The number of hydrogen-bond donors (Lipinski definition) is 0. The third kappa shape index (κ3) is 3.76. The summed E-state index contributed by atoms with van der Waals surface area (Å²) in [4.78, 5) is 22.6. The van der Waals surface area contributed by atoms with Gasteiger partial charge in [-0.15, -0.1) is 0 Å². The minimum Gasteiger partial charge on any atom is -1.00 e. The van der Waals surface area contributed by atoms with Crippen molar-refractivity contribution in [2.75, 3.05) is 0 Å². The van der Waals surface area contributed by atoms with Gasteiger partial charge in [0.15, 0.2) is 11.9 Å². The van der Waals surface area contributed by atoms with Gasteiger partial charge in [-0.05, 0) is 23.6 Å². The van der Waals surface area contributed by atoms with Gasteiger partial charge in [-0.2, -0.15) is 4.57 Å². The number of non-ortho nitro benzene ring substituents is 1. The number of halogens is 1. The molecule has 3 rings (SSSR count). The molecule has 0 spiro atoms. The van der Waals surface area contributed by atoms with Crippen LogP contribution >= 0.6 is 0 Å². The van der Waals surface area contributed by atoms with Gasteiger partial charge in [0.2, 0.25) is 12.3 Å². The van der Waals surface area contributed by atoms with Gasteiger partial charge in [-0.1, -0.05) is 18.2 Å². The molecule has 0 atom stereocenters. The van der Waals surface area contributed by atoms with Crippen LogP contribution in [0.5, 0.6) is 0 Å². The fraction of sp³-hybridized carbons (Fsp3) is 0.111. The van der Waals surface area contributed by atoms with E-state index in [1.54, 1.807) is 0 Å². The molecule has 0 amide bonds. The van der Waals surface area contributed by atoms with Gasteiger partial charge in [0.25, 0.3) is 5.69 Å². The second-order valence-corrected chi connectivity index (χ2v) is 5.40. The van der Waals surface area contributed by atoms with Gasteiger partial charge < -0.3 is 24.0 Å². The number of pyridine rings is 1. The van der Waals surface area contributed by atoms with Crippen molar-refractivity contribution in [2.45, 2.75) is 13.5 Å². The first-order valence-electron chi connectivity index (χ1n) is 7.21. The molecule has 24 heavy (non-hydrogen) atoms. The number of Topliss-reactive ketones (excluding diaryl/α,β-unsaturated/α-hetero) is 1. The SMILES string of the molecule is Cc1cc2ccccc2c[n+]1CC(=O)c1ccc([N+](=O)[O-])cc1.[I-]. The predicted molar refractivity (Wildman–Crippen MR) is 86.3 cm³/mol. The summed E-state index contributed by atoms with van der Waals surface area (Å²) in [6.45, 7) is 2.16. The van der Waals surface area contributed by atoms with Crippen LogP contribution in [0.1, 0.15) is 16.1 Å². The lowest BCUT2D eigenvalue weighted by Gasteiger charge is -2.03. The number of rotatable bonds is 4. The summed E-state index contributed by atoms with van der Waals surface area (Å²) < 4.78 is 1.89. The maximum absolute atomic E-state index is 12.4. The van der Waals surface area contributed by atoms with Gasteiger partial charge in [0, 0.05) is 36.1 Å². The first-order chi connectivity index (χ1) is 11.0. The predicted octanol–water partition coefficient (Wildman–Crippen LogP) is 0.231. The van der Waals surface area contributed by atoms with E-state index in [2.05, 4.69) is 0 Å². The molecule has 0 aliphatic carbocycles. The quantitative estimate of drug-likeness (QED) is 0.194. The zero-order chi connectivity index (χ0) is 16.4. The van der Waals surface area contributed by atoms with Crippen LogP contribution in [0.2, 0.25) is 0 Å². The Balaban J connectivity index is 0.00000208. The van der Waals surface area contributed by atoms with Crippen LogP contribution in [0, 0.1) is 17.0 Å². The van der Waals surface area contributed by atoms with Crippen molar-refractivity contribution in [3.8, 4) is 0 Å². The van der Waals surface area contributed by atoms with Crippen molar-refractivity contribution >= 4 is 22.2 Å². The third-order valence-corrected chi connectivity index (χ3v) is 3.82. The lowest BCUT2D eigenvalue weighted by atomic mass is 10.1. The van der Waals surface area contributed by atoms with E-state index in [0.29, 0.717) is 5.56 Å². The number of fused-ring (bicyclic) bond motifs is 1. The molecule has 0 unspecified atom stereocenters. The van der Waals surface area contributed by atoms with Crippen LogP contribution < -0.4 is 28.5 Å². The number of nitrogens with zero attached hydrogens (tertiary/aromatic N) is 2. The van der Waals surface area contributed by atoms with Crippen LogP contribution in [0.3, 0.4) is 0 Å². The first kappa shape index (κ1) is 18.0. The standard InChI is InChI=1S/C18H15N2O3.HI/c1-13-10-15-4-2-3-5-16(15)11-19(13)12-18(21)14-6-8-17(9-7-14)20(22)23;/h2-11H,12H2,1H3;1H/q+1;/p-1. The Hall–Kier alpha value is -2.35. The minimum atomic E-state index is -0.476. The Morgan fingerprint density at radius 1 is 1.08 bits per heavy atom. The van der Waals surface area contributed by atoms with Crippen LogP contribution in [-0.2, 0) is 6.54 Å². The molecule has 122 valence electrons. The molecular formula is C18H15IN2O3. The molecule has 6 heteroatoms. The molecular weight excluding hydrogens is 419 g/mol. The first-order valence-corrected chi connectivity index (χ1v) is 7.21. The molecule has 2 aromatic carbocycles. The maximum atomic E-state index is 12.4. The van der Waals surface area contributed by atoms with Crippen molar-refractivity contribution in [1.82, 2.24) is 0 Å². The molecule has 0 saturated carbocycles. The van der Waals surface area contributed by atoms with Crippen molar-refractivity contribution in [2.24, 2.45) is 0 Å².